The van der Waals surface area contributed by atoms with Crippen LogP contribution in [0, 0.1) is 0 Å². The van der Waals surface area contributed by atoms with Crippen LogP contribution in [0.1, 0.15) is 30.3 Å². The van der Waals surface area contributed by atoms with Gasteiger partial charge in [0.05, 0.1) is 11.0 Å². The zero-order valence-electron chi connectivity index (χ0n) is 11.9. The minimum atomic E-state index is 1.01. The number of benzene rings is 2. The van der Waals surface area contributed by atoms with Crippen molar-refractivity contribution in [1.82, 2.24) is 9.97 Å². The van der Waals surface area contributed by atoms with Gasteiger partial charge >= 0.3 is 0 Å². The van der Waals surface area contributed by atoms with Crippen LogP contribution in [0.4, 0.5) is 0 Å². The molecule has 3 rings (SSSR count). The fourth-order valence-electron chi connectivity index (χ4n) is 2.65. The maximum atomic E-state index is 4.76. The molecule has 3 aromatic rings. The van der Waals surface area contributed by atoms with Gasteiger partial charge in [0.25, 0.3) is 0 Å². The van der Waals surface area contributed by atoms with Crippen LogP contribution < -0.4 is 0 Å². The van der Waals surface area contributed by atoms with E-state index in [1.165, 1.54) is 16.6 Å². The van der Waals surface area contributed by atoms with Crippen molar-refractivity contribution in [3.8, 4) is 0 Å². The molecule has 102 valence electrons. The number of nitrogens with zero attached hydrogens (tertiary/aromatic N) is 1. The fourth-order valence-corrected chi connectivity index (χ4v) is 2.65. The molecule has 1 aromatic heterocycles. The van der Waals surface area contributed by atoms with Gasteiger partial charge in [0.15, 0.2) is 0 Å². The summed E-state index contributed by atoms with van der Waals surface area (Å²) in [5.74, 6) is 1.11. The second kappa shape index (κ2) is 5.91. The molecule has 0 aliphatic rings. The van der Waals surface area contributed by atoms with Gasteiger partial charge < -0.3 is 4.98 Å². The van der Waals surface area contributed by atoms with E-state index in [0.29, 0.717) is 0 Å². The molecule has 0 aliphatic heterocycles. The lowest BCUT2D eigenvalue weighted by Crippen LogP contribution is -1.91. The standard InChI is InChI=1S/C18H20N2/c1-2-15-11-7-12-16-18(15)20-17(19-16)13-6-10-14-8-4-3-5-9-14/h3-5,7-9,11-12H,2,6,10,13H2,1H3,(H,19,20). The quantitative estimate of drug-likeness (QED) is 0.731. The van der Waals surface area contributed by atoms with E-state index in [4.69, 9.17) is 4.98 Å². The van der Waals surface area contributed by atoms with Crippen molar-refractivity contribution in [2.75, 3.05) is 0 Å². The van der Waals surface area contributed by atoms with E-state index in [1.807, 2.05) is 0 Å². The molecule has 0 amide bonds. The Morgan fingerprint density at radius 2 is 1.80 bits per heavy atom. The summed E-state index contributed by atoms with van der Waals surface area (Å²) in [5.41, 5.74) is 5.04. The number of para-hydroxylation sites is 1. The highest BCUT2D eigenvalue weighted by Crippen LogP contribution is 2.18. The Labute approximate surface area is 119 Å². The first-order chi connectivity index (χ1) is 9.86. The fraction of sp³-hybridized carbons (Fsp3) is 0.278. The Morgan fingerprint density at radius 3 is 2.60 bits per heavy atom. The second-order valence-electron chi connectivity index (χ2n) is 5.19. The predicted molar refractivity (Wildman–Crippen MR) is 83.9 cm³/mol. The van der Waals surface area contributed by atoms with E-state index >= 15 is 0 Å². The van der Waals surface area contributed by atoms with Gasteiger partial charge in [-0.3, -0.25) is 0 Å². The number of aromatic amines is 1. The molecule has 0 saturated carbocycles. The van der Waals surface area contributed by atoms with Gasteiger partial charge in [-0.1, -0.05) is 49.4 Å². The first kappa shape index (κ1) is 12.9. The molecule has 0 saturated heterocycles. The Morgan fingerprint density at radius 1 is 0.950 bits per heavy atom. The monoisotopic (exact) mass is 264 g/mol. The number of nitrogens with one attached hydrogen (secondary N) is 1. The van der Waals surface area contributed by atoms with Gasteiger partial charge in [-0.2, -0.15) is 0 Å². The first-order valence-corrected chi connectivity index (χ1v) is 7.37. The average Bonchev–Trinajstić information content (AvgIpc) is 2.91. The van der Waals surface area contributed by atoms with Crippen LogP contribution >= 0.6 is 0 Å². The zero-order valence-corrected chi connectivity index (χ0v) is 11.9. The van der Waals surface area contributed by atoms with E-state index in [0.717, 1.165) is 37.0 Å². The molecule has 0 radical (unpaired) electrons. The molecule has 0 bridgehead atoms. The van der Waals surface area contributed by atoms with Crippen LogP contribution in [0.3, 0.4) is 0 Å². The van der Waals surface area contributed by atoms with Gasteiger partial charge in [0, 0.05) is 6.42 Å². The number of H-pyrrole nitrogens is 1. The van der Waals surface area contributed by atoms with Crippen LogP contribution in [-0.2, 0) is 19.3 Å². The summed E-state index contributed by atoms with van der Waals surface area (Å²) >= 11 is 0. The van der Waals surface area contributed by atoms with Gasteiger partial charge in [-0.15, -0.1) is 0 Å². The number of aromatic nitrogens is 2. The molecule has 0 atom stereocenters. The molecule has 2 nitrogen and oxygen atoms in total. The van der Waals surface area contributed by atoms with Crippen molar-refractivity contribution >= 4 is 11.0 Å². The molecule has 0 spiro atoms. The van der Waals surface area contributed by atoms with Crippen molar-refractivity contribution in [3.63, 3.8) is 0 Å². The lowest BCUT2D eigenvalue weighted by atomic mass is 10.1. The molecular weight excluding hydrogens is 244 g/mol. The molecule has 0 fully saturated rings. The largest absolute Gasteiger partial charge is 0.342 e. The number of hydrogen-bond donors (Lipinski definition) is 1. The SMILES string of the molecule is CCc1cccc2[nH]c(CCCc3ccccc3)nc12. The Hall–Kier alpha value is -2.09. The lowest BCUT2D eigenvalue weighted by molar-refractivity contribution is 0.785. The highest BCUT2D eigenvalue weighted by Gasteiger charge is 2.05. The van der Waals surface area contributed by atoms with E-state index in [2.05, 4.69) is 60.4 Å². The van der Waals surface area contributed by atoms with Gasteiger partial charge in [0.1, 0.15) is 5.82 Å². The van der Waals surface area contributed by atoms with Crippen molar-refractivity contribution < 1.29 is 0 Å². The van der Waals surface area contributed by atoms with Gasteiger partial charge in [-0.05, 0) is 36.5 Å². The number of fused-ring (bicyclic) bond motifs is 1. The first-order valence-electron chi connectivity index (χ1n) is 7.37. The molecular formula is C18H20N2. The summed E-state index contributed by atoms with van der Waals surface area (Å²) in [5, 5.41) is 0. The van der Waals surface area contributed by atoms with E-state index in [9.17, 15) is 0 Å². The third-order valence-electron chi connectivity index (χ3n) is 3.75. The molecule has 2 aromatic carbocycles. The third kappa shape index (κ3) is 2.74. The zero-order chi connectivity index (χ0) is 13.8. The Bertz CT molecular complexity index is 683. The highest BCUT2D eigenvalue weighted by atomic mass is 14.9. The molecule has 1 N–H and O–H groups in total. The molecule has 0 aliphatic carbocycles. The highest BCUT2D eigenvalue weighted by molar-refractivity contribution is 5.78. The number of hydrogen-bond acceptors (Lipinski definition) is 1. The smallest absolute Gasteiger partial charge is 0.107 e. The molecule has 1 heterocycles. The predicted octanol–water partition coefficient (Wildman–Crippen LogP) is 4.30. The minimum Gasteiger partial charge on any atom is -0.342 e. The number of rotatable bonds is 5. The summed E-state index contributed by atoms with van der Waals surface area (Å²) in [7, 11) is 0. The lowest BCUT2D eigenvalue weighted by Gasteiger charge is -1.99. The van der Waals surface area contributed by atoms with E-state index < -0.39 is 0 Å². The van der Waals surface area contributed by atoms with Crippen molar-refractivity contribution in [2.45, 2.75) is 32.6 Å². The van der Waals surface area contributed by atoms with Gasteiger partial charge in [-0.25, -0.2) is 4.98 Å². The van der Waals surface area contributed by atoms with Crippen molar-refractivity contribution in [2.24, 2.45) is 0 Å². The van der Waals surface area contributed by atoms with E-state index in [1.54, 1.807) is 0 Å². The molecule has 20 heavy (non-hydrogen) atoms. The minimum absolute atomic E-state index is 1.01. The Balaban J connectivity index is 1.69. The topological polar surface area (TPSA) is 28.7 Å². The van der Waals surface area contributed by atoms with Crippen molar-refractivity contribution in [3.05, 3.63) is 65.5 Å². The summed E-state index contributed by atoms with van der Waals surface area (Å²) in [4.78, 5) is 8.20. The van der Waals surface area contributed by atoms with Gasteiger partial charge in [0.2, 0.25) is 0 Å². The summed E-state index contributed by atoms with van der Waals surface area (Å²) in [6.07, 6.45) is 4.28. The van der Waals surface area contributed by atoms with Crippen LogP contribution in [0.5, 0.6) is 0 Å². The van der Waals surface area contributed by atoms with Crippen LogP contribution in [0.2, 0.25) is 0 Å². The van der Waals surface area contributed by atoms with Crippen molar-refractivity contribution in [1.29, 1.82) is 0 Å². The maximum Gasteiger partial charge on any atom is 0.107 e. The number of imidazole rings is 1. The summed E-state index contributed by atoms with van der Waals surface area (Å²) in [6, 6.07) is 17.0. The Kier molecular flexibility index (Phi) is 3.82. The second-order valence-corrected chi connectivity index (χ2v) is 5.19. The van der Waals surface area contributed by atoms with Crippen LogP contribution in [0.15, 0.2) is 48.5 Å². The third-order valence-corrected chi connectivity index (χ3v) is 3.75. The molecule has 2 heteroatoms. The van der Waals surface area contributed by atoms with Crippen LogP contribution in [0.25, 0.3) is 11.0 Å². The number of aryl methyl sites for hydroxylation is 3. The maximum absolute atomic E-state index is 4.76. The molecule has 0 unspecified atom stereocenters. The van der Waals surface area contributed by atoms with E-state index in [-0.39, 0.29) is 0 Å². The average molecular weight is 264 g/mol. The van der Waals surface area contributed by atoms with Crippen LogP contribution in [-0.4, -0.2) is 9.97 Å². The normalized spacial score (nSPS) is 11.1. The summed E-state index contributed by atoms with van der Waals surface area (Å²) < 4.78 is 0. The summed E-state index contributed by atoms with van der Waals surface area (Å²) in [6.45, 7) is 2.18.